The number of rotatable bonds is 0. The summed E-state index contributed by atoms with van der Waals surface area (Å²) in [6.07, 6.45) is 5.26. The Morgan fingerprint density at radius 2 is 1.96 bits per heavy atom. The number of aliphatic hydroxyl groups excluding tert-OH is 1. The smallest absolute Gasteiger partial charge is 0.336 e. The minimum absolute atomic E-state index is 0.206. The van der Waals surface area contributed by atoms with Crippen LogP contribution in [-0.4, -0.2) is 28.1 Å². The van der Waals surface area contributed by atoms with Gasteiger partial charge in [0.05, 0.1) is 6.10 Å². The van der Waals surface area contributed by atoms with E-state index in [-0.39, 0.29) is 17.8 Å². The average molecular weight is 332 g/mol. The summed E-state index contributed by atoms with van der Waals surface area (Å²) in [5.74, 6) is -1.60. The lowest BCUT2D eigenvalue weighted by molar-refractivity contribution is -0.184. The van der Waals surface area contributed by atoms with E-state index in [4.69, 9.17) is 4.74 Å². The number of aliphatic hydroxyl groups is 2. The molecule has 1 heterocycles. The molecule has 3 rings (SSSR count). The number of carbonyl (C=O) groups excluding carboxylic acids is 1. The zero-order valence-corrected chi connectivity index (χ0v) is 14.9. The van der Waals surface area contributed by atoms with Crippen LogP contribution < -0.4 is 0 Å². The van der Waals surface area contributed by atoms with Crippen LogP contribution in [0.3, 0.4) is 0 Å². The van der Waals surface area contributed by atoms with Crippen molar-refractivity contribution in [2.45, 2.75) is 71.2 Å². The van der Waals surface area contributed by atoms with E-state index >= 15 is 0 Å². The molecule has 0 aromatic rings. The molecule has 0 spiro atoms. The van der Waals surface area contributed by atoms with Gasteiger partial charge in [-0.3, -0.25) is 0 Å². The average Bonchev–Trinajstić information content (AvgIpc) is 2.67. The molecule has 4 heteroatoms. The van der Waals surface area contributed by atoms with Crippen LogP contribution in [0, 0.1) is 11.3 Å². The van der Waals surface area contributed by atoms with E-state index in [1.54, 1.807) is 6.08 Å². The van der Waals surface area contributed by atoms with Crippen LogP contribution in [0.1, 0.15) is 59.3 Å². The highest BCUT2D eigenvalue weighted by molar-refractivity contribution is 5.93. The molecule has 0 unspecified atom stereocenters. The number of ether oxygens (including phenoxy) is 1. The molecule has 0 aromatic carbocycles. The molecule has 1 aliphatic heterocycles. The quantitative estimate of drug-likeness (QED) is 0.527. The van der Waals surface area contributed by atoms with E-state index in [0.29, 0.717) is 24.3 Å². The maximum absolute atomic E-state index is 12.3. The van der Waals surface area contributed by atoms with Crippen LogP contribution in [0.4, 0.5) is 0 Å². The predicted octanol–water partition coefficient (Wildman–Crippen LogP) is 3.40. The molecule has 0 saturated heterocycles. The Kier molecular flexibility index (Phi) is 4.25. The fourth-order valence-electron chi connectivity index (χ4n) is 4.84. The molecular formula is C20H28O4. The fourth-order valence-corrected chi connectivity index (χ4v) is 4.84. The molecule has 2 N–H and O–H groups in total. The molecular weight excluding hydrogens is 304 g/mol. The summed E-state index contributed by atoms with van der Waals surface area (Å²) >= 11 is 0. The molecule has 3 aliphatic rings. The zero-order valence-electron chi connectivity index (χ0n) is 14.9. The molecule has 132 valence electrons. The number of hydrogen-bond donors (Lipinski definition) is 2. The van der Waals surface area contributed by atoms with Gasteiger partial charge in [0.2, 0.25) is 5.79 Å². The number of carbonyl (C=O) groups is 1. The highest BCUT2D eigenvalue weighted by atomic mass is 16.7. The Morgan fingerprint density at radius 3 is 2.67 bits per heavy atom. The van der Waals surface area contributed by atoms with Gasteiger partial charge in [-0.15, -0.1) is 0 Å². The van der Waals surface area contributed by atoms with Crippen LogP contribution in [0.25, 0.3) is 0 Å². The van der Waals surface area contributed by atoms with Crippen molar-refractivity contribution in [1.82, 2.24) is 0 Å². The fraction of sp³-hybridized carbons (Fsp3) is 0.650. The maximum atomic E-state index is 12.3. The maximum Gasteiger partial charge on any atom is 0.336 e. The first kappa shape index (κ1) is 17.4. The van der Waals surface area contributed by atoms with E-state index in [0.717, 1.165) is 36.0 Å². The van der Waals surface area contributed by atoms with E-state index < -0.39 is 11.9 Å². The van der Waals surface area contributed by atoms with E-state index in [1.807, 2.05) is 6.92 Å². The second-order valence-corrected chi connectivity index (χ2v) is 8.23. The van der Waals surface area contributed by atoms with Gasteiger partial charge in [-0.2, -0.15) is 0 Å². The van der Waals surface area contributed by atoms with Crippen molar-refractivity contribution < 1.29 is 19.7 Å². The molecule has 2 bridgehead atoms. The predicted molar refractivity (Wildman–Crippen MR) is 91.9 cm³/mol. The molecule has 24 heavy (non-hydrogen) atoms. The summed E-state index contributed by atoms with van der Waals surface area (Å²) in [7, 11) is 0. The normalized spacial score (nSPS) is 38.8. The van der Waals surface area contributed by atoms with Crippen LogP contribution >= 0.6 is 0 Å². The lowest BCUT2D eigenvalue weighted by atomic mass is 9.61. The number of hydrogen-bond acceptors (Lipinski definition) is 4. The van der Waals surface area contributed by atoms with Gasteiger partial charge in [0.1, 0.15) is 0 Å². The van der Waals surface area contributed by atoms with Gasteiger partial charge < -0.3 is 14.9 Å². The third kappa shape index (κ3) is 2.86. The highest BCUT2D eigenvalue weighted by Crippen LogP contribution is 2.55. The molecule has 0 amide bonds. The van der Waals surface area contributed by atoms with Crippen molar-refractivity contribution in [1.29, 1.82) is 0 Å². The SMILES string of the molecule is C=C1CC[C@@H]2CCC3=C(C2(C)C)[C@@](O)(C/C(C)=C/[C@@H](O)C1)OC3=O. The number of fused-ring (bicyclic) bond motifs is 1. The zero-order chi connectivity index (χ0) is 17.7. The summed E-state index contributed by atoms with van der Waals surface area (Å²) in [4.78, 5) is 12.3. The van der Waals surface area contributed by atoms with Crippen LogP contribution in [0.15, 0.2) is 34.9 Å². The lowest BCUT2D eigenvalue weighted by Crippen LogP contribution is -2.42. The molecule has 2 aliphatic carbocycles. The Bertz CT molecular complexity index is 640. The summed E-state index contributed by atoms with van der Waals surface area (Å²) < 4.78 is 5.45. The Hall–Kier alpha value is -1.39. The Balaban J connectivity index is 2.09. The monoisotopic (exact) mass is 332 g/mol. The second-order valence-electron chi connectivity index (χ2n) is 8.23. The third-order valence-corrected chi connectivity index (χ3v) is 5.95. The van der Waals surface area contributed by atoms with Gasteiger partial charge in [-0.05, 0) is 50.4 Å². The molecule has 3 atom stereocenters. The molecule has 4 nitrogen and oxygen atoms in total. The van der Waals surface area contributed by atoms with Gasteiger partial charge in [0, 0.05) is 17.6 Å². The summed E-state index contributed by atoms with van der Waals surface area (Å²) in [5, 5.41) is 21.4. The van der Waals surface area contributed by atoms with Gasteiger partial charge in [-0.1, -0.05) is 37.6 Å². The molecule has 0 radical (unpaired) electrons. The van der Waals surface area contributed by atoms with Crippen molar-refractivity contribution in [3.8, 4) is 0 Å². The minimum Gasteiger partial charge on any atom is -0.425 e. The number of esters is 1. The summed E-state index contributed by atoms with van der Waals surface area (Å²) in [5.41, 5.74) is 2.98. The second kappa shape index (κ2) is 5.85. The highest BCUT2D eigenvalue weighted by Gasteiger charge is 2.55. The first-order chi connectivity index (χ1) is 11.1. The minimum atomic E-state index is -1.58. The molecule has 0 fully saturated rings. The van der Waals surface area contributed by atoms with Gasteiger partial charge >= 0.3 is 5.97 Å². The van der Waals surface area contributed by atoms with Crippen LogP contribution in [0.2, 0.25) is 0 Å². The molecule has 0 aromatic heterocycles. The lowest BCUT2D eigenvalue weighted by Gasteiger charge is -2.44. The van der Waals surface area contributed by atoms with E-state index in [9.17, 15) is 15.0 Å². The molecule has 0 saturated carbocycles. The van der Waals surface area contributed by atoms with Crippen molar-refractivity contribution in [3.63, 3.8) is 0 Å². The summed E-state index contributed by atoms with van der Waals surface area (Å²) in [6.45, 7) is 10.2. The third-order valence-electron chi connectivity index (χ3n) is 5.95. The van der Waals surface area contributed by atoms with Crippen LogP contribution in [0.5, 0.6) is 0 Å². The van der Waals surface area contributed by atoms with Gasteiger partial charge in [-0.25, -0.2) is 4.79 Å². The Morgan fingerprint density at radius 1 is 1.29 bits per heavy atom. The van der Waals surface area contributed by atoms with Crippen molar-refractivity contribution in [3.05, 3.63) is 34.9 Å². The standard InChI is InChI=1S/C20H28O4/c1-12-5-6-14-7-8-16-17(19(14,3)4)20(23,24-18(16)22)11-13(2)10-15(21)9-12/h10,14-15,21,23H,1,5-9,11H2,2-4H3/b13-10+/t14-,15+,20-/m1/s1. The van der Waals surface area contributed by atoms with Gasteiger partial charge in [0.15, 0.2) is 0 Å². The summed E-state index contributed by atoms with van der Waals surface area (Å²) in [6, 6.07) is 0. The first-order valence-electron chi connectivity index (χ1n) is 8.85. The van der Waals surface area contributed by atoms with E-state index in [1.165, 1.54) is 0 Å². The van der Waals surface area contributed by atoms with E-state index in [2.05, 4.69) is 20.4 Å². The topological polar surface area (TPSA) is 66.8 Å². The van der Waals surface area contributed by atoms with Crippen molar-refractivity contribution >= 4 is 5.97 Å². The van der Waals surface area contributed by atoms with Gasteiger partial charge in [0.25, 0.3) is 0 Å². The van der Waals surface area contributed by atoms with Crippen molar-refractivity contribution in [2.75, 3.05) is 0 Å². The largest absolute Gasteiger partial charge is 0.425 e. The van der Waals surface area contributed by atoms with Crippen LogP contribution in [-0.2, 0) is 9.53 Å². The van der Waals surface area contributed by atoms with Crippen molar-refractivity contribution in [2.24, 2.45) is 11.3 Å². The first-order valence-corrected chi connectivity index (χ1v) is 8.85. The Labute approximate surface area is 143 Å².